The summed E-state index contributed by atoms with van der Waals surface area (Å²) >= 11 is 0. The van der Waals surface area contributed by atoms with Crippen molar-refractivity contribution in [1.29, 1.82) is 0 Å². The highest BCUT2D eigenvalue weighted by Gasteiger charge is 2.35. The lowest BCUT2D eigenvalue weighted by Crippen LogP contribution is -2.28. The third-order valence-corrected chi connectivity index (χ3v) is 4.53. The second-order valence-corrected chi connectivity index (χ2v) is 6.34. The molecule has 134 valence electrons. The van der Waals surface area contributed by atoms with Crippen LogP contribution in [0, 0.1) is 12.8 Å². The van der Waals surface area contributed by atoms with Crippen molar-refractivity contribution in [2.24, 2.45) is 13.0 Å². The molecule has 0 spiro atoms. The van der Waals surface area contributed by atoms with Crippen LogP contribution in [0.3, 0.4) is 0 Å². The molecule has 1 amide bonds. The summed E-state index contributed by atoms with van der Waals surface area (Å²) in [5.74, 6) is -0.709. The van der Waals surface area contributed by atoms with Gasteiger partial charge >= 0.3 is 6.18 Å². The number of carbonyl (C=O) groups is 1. The maximum Gasteiger partial charge on any atom is 0.416 e. The van der Waals surface area contributed by atoms with Gasteiger partial charge in [-0.3, -0.25) is 9.48 Å². The first-order valence-corrected chi connectivity index (χ1v) is 7.93. The number of halogens is 3. The molecule has 2 heterocycles. The van der Waals surface area contributed by atoms with Crippen LogP contribution in [-0.4, -0.2) is 28.8 Å². The van der Waals surface area contributed by atoms with Crippen molar-refractivity contribution in [3.05, 3.63) is 47.3 Å². The lowest BCUT2D eigenvalue weighted by molar-refractivity contribution is -0.137. The van der Waals surface area contributed by atoms with Crippen LogP contribution in [0.5, 0.6) is 0 Å². The molecule has 25 heavy (non-hydrogen) atoms. The molecule has 1 fully saturated rings. The Morgan fingerprint density at radius 1 is 1.36 bits per heavy atom. The van der Waals surface area contributed by atoms with Gasteiger partial charge in [0, 0.05) is 37.9 Å². The van der Waals surface area contributed by atoms with Crippen molar-refractivity contribution in [2.75, 3.05) is 18.4 Å². The molecule has 1 aromatic carbocycles. The van der Waals surface area contributed by atoms with Crippen LogP contribution in [0.15, 0.2) is 30.6 Å². The minimum atomic E-state index is -4.44. The van der Waals surface area contributed by atoms with Gasteiger partial charge < -0.3 is 10.6 Å². The van der Waals surface area contributed by atoms with Crippen LogP contribution in [0.4, 0.5) is 18.9 Å². The third kappa shape index (κ3) is 3.68. The van der Waals surface area contributed by atoms with Gasteiger partial charge in [0.05, 0.1) is 17.7 Å². The number of hydrogen-bond acceptors (Lipinski definition) is 3. The summed E-state index contributed by atoms with van der Waals surface area (Å²) in [6.07, 6.45) is -0.874. The Hall–Kier alpha value is -2.35. The number of benzene rings is 1. The standard InChI is InChI=1S/C17H19F3N4O/c1-10-3-4-12(17(18,19)20)5-15(10)23-16(25)14-8-21-7-13(14)11-6-22-24(2)9-11/h3-6,9,13-14,21H,7-8H2,1-2H3,(H,23,25)/t13-,14+/m1/s1. The van der Waals surface area contributed by atoms with Crippen LogP contribution < -0.4 is 10.6 Å². The van der Waals surface area contributed by atoms with Crippen LogP contribution >= 0.6 is 0 Å². The average Bonchev–Trinajstić information content (AvgIpc) is 3.16. The molecule has 5 nitrogen and oxygen atoms in total. The molecule has 1 aromatic heterocycles. The van der Waals surface area contributed by atoms with Crippen molar-refractivity contribution >= 4 is 11.6 Å². The number of anilines is 1. The lowest BCUT2D eigenvalue weighted by atomic mass is 9.90. The average molecular weight is 352 g/mol. The highest BCUT2D eigenvalue weighted by molar-refractivity contribution is 5.94. The monoisotopic (exact) mass is 352 g/mol. The minimum Gasteiger partial charge on any atom is -0.326 e. The van der Waals surface area contributed by atoms with E-state index >= 15 is 0 Å². The van der Waals surface area contributed by atoms with Gasteiger partial charge in [0.15, 0.2) is 0 Å². The molecule has 0 aliphatic carbocycles. The molecule has 0 saturated carbocycles. The van der Waals surface area contributed by atoms with Gasteiger partial charge in [-0.05, 0) is 30.2 Å². The molecule has 1 aliphatic rings. The van der Waals surface area contributed by atoms with Crippen LogP contribution in [0.2, 0.25) is 0 Å². The third-order valence-electron chi connectivity index (χ3n) is 4.53. The predicted octanol–water partition coefficient (Wildman–Crippen LogP) is 2.69. The summed E-state index contributed by atoms with van der Waals surface area (Å²) in [7, 11) is 1.80. The lowest BCUT2D eigenvalue weighted by Gasteiger charge is -2.18. The molecule has 1 aliphatic heterocycles. The van der Waals surface area contributed by atoms with Gasteiger partial charge in [-0.1, -0.05) is 6.07 Å². The second-order valence-electron chi connectivity index (χ2n) is 6.34. The minimum absolute atomic E-state index is 0.0557. The first-order chi connectivity index (χ1) is 11.8. The van der Waals surface area contributed by atoms with E-state index in [0.29, 0.717) is 18.7 Å². The summed E-state index contributed by atoms with van der Waals surface area (Å²) in [4.78, 5) is 12.7. The maximum atomic E-state index is 12.9. The number of amides is 1. The van der Waals surface area contributed by atoms with Crippen molar-refractivity contribution in [3.63, 3.8) is 0 Å². The SMILES string of the molecule is Cc1ccc(C(F)(F)F)cc1NC(=O)[C@H]1CNC[C@@H]1c1cnn(C)c1. The first kappa shape index (κ1) is 17.5. The van der Waals surface area contributed by atoms with E-state index in [2.05, 4.69) is 15.7 Å². The van der Waals surface area contributed by atoms with Gasteiger partial charge in [-0.25, -0.2) is 0 Å². The van der Waals surface area contributed by atoms with E-state index in [4.69, 9.17) is 0 Å². The molecule has 2 N–H and O–H groups in total. The Morgan fingerprint density at radius 2 is 2.12 bits per heavy atom. The fraction of sp³-hybridized carbons (Fsp3) is 0.412. The molecular formula is C17H19F3N4O. The number of hydrogen-bond donors (Lipinski definition) is 2. The number of nitrogens with one attached hydrogen (secondary N) is 2. The molecule has 1 saturated heterocycles. The fourth-order valence-electron chi connectivity index (χ4n) is 3.09. The molecule has 0 radical (unpaired) electrons. The summed E-state index contributed by atoms with van der Waals surface area (Å²) in [5, 5.41) is 9.96. The van der Waals surface area contributed by atoms with Crippen molar-refractivity contribution < 1.29 is 18.0 Å². The van der Waals surface area contributed by atoms with Crippen molar-refractivity contribution in [1.82, 2.24) is 15.1 Å². The van der Waals surface area contributed by atoms with Gasteiger partial charge in [0.25, 0.3) is 0 Å². The van der Waals surface area contributed by atoms with Gasteiger partial charge in [0.2, 0.25) is 5.91 Å². The van der Waals surface area contributed by atoms with Gasteiger partial charge in [-0.2, -0.15) is 18.3 Å². The Labute approximate surface area is 143 Å². The summed E-state index contributed by atoms with van der Waals surface area (Å²) in [6.45, 7) is 2.77. The highest BCUT2D eigenvalue weighted by Crippen LogP contribution is 2.33. The van der Waals surface area contributed by atoms with Crippen LogP contribution in [-0.2, 0) is 18.0 Å². The van der Waals surface area contributed by atoms with E-state index in [1.54, 1.807) is 24.9 Å². The van der Waals surface area contributed by atoms with Gasteiger partial charge in [0.1, 0.15) is 0 Å². The number of aromatic nitrogens is 2. The number of nitrogens with zero attached hydrogens (tertiary/aromatic N) is 2. The smallest absolute Gasteiger partial charge is 0.326 e. The van der Waals surface area contributed by atoms with E-state index < -0.39 is 11.7 Å². The summed E-state index contributed by atoms with van der Waals surface area (Å²) in [5.41, 5.74) is 0.942. The van der Waals surface area contributed by atoms with E-state index in [-0.39, 0.29) is 23.4 Å². The largest absolute Gasteiger partial charge is 0.416 e. The zero-order valence-corrected chi connectivity index (χ0v) is 13.9. The second kappa shape index (κ2) is 6.51. The van der Waals surface area contributed by atoms with E-state index in [0.717, 1.165) is 17.7 Å². The molecule has 3 rings (SSSR count). The quantitative estimate of drug-likeness (QED) is 0.893. The van der Waals surface area contributed by atoms with E-state index in [1.165, 1.54) is 6.07 Å². The zero-order chi connectivity index (χ0) is 18.2. The predicted molar refractivity (Wildman–Crippen MR) is 87.1 cm³/mol. The molecule has 2 atom stereocenters. The van der Waals surface area contributed by atoms with Crippen LogP contribution in [0.1, 0.15) is 22.6 Å². The van der Waals surface area contributed by atoms with Crippen molar-refractivity contribution in [3.8, 4) is 0 Å². The number of aryl methyl sites for hydroxylation is 2. The Morgan fingerprint density at radius 3 is 2.76 bits per heavy atom. The number of carbonyl (C=O) groups excluding carboxylic acids is 1. The number of alkyl halides is 3. The van der Waals surface area contributed by atoms with Crippen LogP contribution in [0.25, 0.3) is 0 Å². The Kier molecular flexibility index (Phi) is 4.55. The van der Waals surface area contributed by atoms with E-state index in [1.807, 2.05) is 6.20 Å². The normalized spacial score (nSPS) is 20.7. The molecule has 0 unspecified atom stereocenters. The molecule has 2 aromatic rings. The Balaban J connectivity index is 1.80. The zero-order valence-electron chi connectivity index (χ0n) is 13.9. The fourth-order valence-corrected chi connectivity index (χ4v) is 3.09. The Bertz CT molecular complexity index is 784. The molecule has 8 heteroatoms. The highest BCUT2D eigenvalue weighted by atomic mass is 19.4. The van der Waals surface area contributed by atoms with E-state index in [9.17, 15) is 18.0 Å². The van der Waals surface area contributed by atoms with Gasteiger partial charge in [-0.15, -0.1) is 0 Å². The maximum absolute atomic E-state index is 12.9. The summed E-state index contributed by atoms with van der Waals surface area (Å²) < 4.78 is 40.3. The first-order valence-electron chi connectivity index (χ1n) is 7.93. The number of rotatable bonds is 3. The summed E-state index contributed by atoms with van der Waals surface area (Å²) in [6, 6.07) is 3.36. The molecular weight excluding hydrogens is 333 g/mol. The van der Waals surface area contributed by atoms with Crippen molar-refractivity contribution in [2.45, 2.75) is 19.0 Å². The molecule has 0 bridgehead atoms. The topological polar surface area (TPSA) is 59.0 Å².